The van der Waals surface area contributed by atoms with Crippen LogP contribution in [0.15, 0.2) is 36.7 Å². The van der Waals surface area contributed by atoms with Gasteiger partial charge in [-0.15, -0.1) is 11.3 Å². The van der Waals surface area contributed by atoms with Crippen LogP contribution in [-0.2, 0) is 6.54 Å². The molecule has 176 valence electrons. The summed E-state index contributed by atoms with van der Waals surface area (Å²) in [6.07, 6.45) is 5.72. The summed E-state index contributed by atoms with van der Waals surface area (Å²) in [5.74, 6) is 0.178. The number of nitrogens with two attached hydrogens (primary N) is 1. The minimum absolute atomic E-state index is 0.0951. The molecule has 3 aromatic heterocycles. The van der Waals surface area contributed by atoms with Gasteiger partial charge in [-0.05, 0) is 57.0 Å². The van der Waals surface area contributed by atoms with E-state index in [0.29, 0.717) is 19.1 Å². The van der Waals surface area contributed by atoms with E-state index < -0.39 is 0 Å². The lowest BCUT2D eigenvalue weighted by Gasteiger charge is -2.31. The van der Waals surface area contributed by atoms with Crippen LogP contribution in [0, 0.1) is 17.2 Å². The molecule has 0 unspecified atom stereocenters. The van der Waals surface area contributed by atoms with Crippen molar-refractivity contribution in [2.75, 3.05) is 32.0 Å². The van der Waals surface area contributed by atoms with Crippen LogP contribution in [0.1, 0.15) is 40.7 Å². The molecule has 0 atom stereocenters. The van der Waals surface area contributed by atoms with Gasteiger partial charge in [0.25, 0.3) is 5.91 Å². The maximum absolute atomic E-state index is 12.6. The maximum Gasteiger partial charge on any atom is 0.270 e. The number of carbonyl (C=O) groups excluding carboxylic acids is 1. The van der Waals surface area contributed by atoms with Crippen molar-refractivity contribution in [1.82, 2.24) is 25.2 Å². The molecule has 0 aliphatic carbocycles. The molecule has 4 heterocycles. The van der Waals surface area contributed by atoms with Crippen LogP contribution in [0.3, 0.4) is 0 Å². The Morgan fingerprint density at radius 3 is 2.88 bits per heavy atom. The van der Waals surface area contributed by atoms with Gasteiger partial charge in [-0.25, -0.2) is 9.97 Å². The van der Waals surface area contributed by atoms with Crippen LogP contribution in [0.4, 0.5) is 5.69 Å². The largest absolute Gasteiger partial charge is 0.477 e. The van der Waals surface area contributed by atoms with Gasteiger partial charge in [0.05, 0.1) is 18.0 Å². The molecule has 0 spiro atoms. The third-order valence-electron chi connectivity index (χ3n) is 5.72. The second kappa shape index (κ2) is 11.0. The molecule has 0 saturated carbocycles. The highest BCUT2D eigenvalue weighted by Gasteiger charge is 2.22. The first-order chi connectivity index (χ1) is 16.6. The van der Waals surface area contributed by atoms with Crippen LogP contribution in [-0.4, -0.2) is 52.0 Å². The van der Waals surface area contributed by atoms with Gasteiger partial charge in [0.15, 0.2) is 0 Å². The van der Waals surface area contributed by atoms with Crippen molar-refractivity contribution in [1.29, 1.82) is 5.26 Å². The molecule has 1 saturated heterocycles. The number of aromatic nitrogens is 3. The minimum atomic E-state index is -0.314. The first kappa shape index (κ1) is 23.6. The summed E-state index contributed by atoms with van der Waals surface area (Å²) in [7, 11) is 0. The molecule has 0 bridgehead atoms. The normalized spacial score (nSPS) is 14.5. The van der Waals surface area contributed by atoms with Gasteiger partial charge in [0.2, 0.25) is 5.88 Å². The zero-order valence-corrected chi connectivity index (χ0v) is 19.8. The lowest BCUT2D eigenvalue weighted by molar-refractivity contribution is 0.0929. The number of pyridine rings is 2. The number of nitrogen functional groups attached to an aromatic ring is 1. The molecular weight excluding hydrogens is 450 g/mol. The van der Waals surface area contributed by atoms with Crippen LogP contribution in [0.5, 0.6) is 5.88 Å². The highest BCUT2D eigenvalue weighted by Crippen LogP contribution is 2.26. The Morgan fingerprint density at radius 2 is 2.18 bits per heavy atom. The van der Waals surface area contributed by atoms with Crippen LogP contribution >= 0.6 is 11.3 Å². The topological polar surface area (TPSA) is 130 Å². The van der Waals surface area contributed by atoms with E-state index in [-0.39, 0.29) is 28.7 Å². The third-order valence-corrected chi connectivity index (χ3v) is 6.72. The molecule has 3 aromatic rings. The standard InChI is InChI=1S/C24H27N7O2S/c1-2-33-23-18(12-25)19(26)11-21(30-23)22(32)28-13-16-6-9-31(10-7-16)15-17-14-29-24(34-17)20-5-3-4-8-27-20/h3-5,8,11,14,16H,2,6-7,9-10,13,15H2,1H3,(H2,26,30)(H,28,32). The minimum Gasteiger partial charge on any atom is -0.477 e. The smallest absolute Gasteiger partial charge is 0.270 e. The number of nitrogens with one attached hydrogen (secondary N) is 1. The molecule has 0 radical (unpaired) electrons. The fourth-order valence-electron chi connectivity index (χ4n) is 3.90. The molecule has 4 rings (SSSR count). The van der Waals surface area contributed by atoms with E-state index in [4.69, 9.17) is 10.5 Å². The maximum atomic E-state index is 12.6. The number of likely N-dealkylation sites (tertiary alicyclic amines) is 1. The van der Waals surface area contributed by atoms with E-state index in [9.17, 15) is 10.1 Å². The number of rotatable bonds is 8. The van der Waals surface area contributed by atoms with Gasteiger partial charge in [-0.2, -0.15) is 5.26 Å². The quantitative estimate of drug-likeness (QED) is 0.506. The lowest BCUT2D eigenvalue weighted by Crippen LogP contribution is -2.38. The number of carbonyl (C=O) groups is 1. The van der Waals surface area contributed by atoms with E-state index in [2.05, 4.69) is 25.2 Å². The highest BCUT2D eigenvalue weighted by atomic mass is 32.1. The fraction of sp³-hybridized carbons (Fsp3) is 0.375. The van der Waals surface area contributed by atoms with Crippen molar-refractivity contribution in [3.05, 3.63) is 52.8 Å². The second-order valence-electron chi connectivity index (χ2n) is 8.10. The van der Waals surface area contributed by atoms with Crippen molar-refractivity contribution >= 4 is 22.9 Å². The van der Waals surface area contributed by atoms with Gasteiger partial charge in [-0.1, -0.05) is 6.07 Å². The molecule has 3 N–H and O–H groups in total. The number of nitrogens with zero attached hydrogens (tertiary/aromatic N) is 5. The summed E-state index contributed by atoms with van der Waals surface area (Å²) in [6, 6.07) is 9.24. The fourth-order valence-corrected chi connectivity index (χ4v) is 4.83. The van der Waals surface area contributed by atoms with Crippen molar-refractivity contribution in [3.8, 4) is 22.7 Å². The van der Waals surface area contributed by atoms with E-state index in [1.54, 1.807) is 24.5 Å². The molecule has 34 heavy (non-hydrogen) atoms. The van der Waals surface area contributed by atoms with Crippen molar-refractivity contribution in [3.63, 3.8) is 0 Å². The molecular formula is C24H27N7O2S. The Labute approximate surface area is 202 Å². The van der Waals surface area contributed by atoms with Crippen molar-refractivity contribution in [2.24, 2.45) is 5.92 Å². The summed E-state index contributed by atoms with van der Waals surface area (Å²) in [5.41, 5.74) is 7.32. The third kappa shape index (κ3) is 5.68. The summed E-state index contributed by atoms with van der Waals surface area (Å²) < 4.78 is 5.38. The van der Waals surface area contributed by atoms with Gasteiger partial charge in [-0.3, -0.25) is 14.7 Å². The predicted octanol–water partition coefficient (Wildman–Crippen LogP) is 3.09. The zero-order chi connectivity index (χ0) is 23.9. The monoisotopic (exact) mass is 477 g/mol. The first-order valence-corrected chi connectivity index (χ1v) is 12.1. The van der Waals surface area contributed by atoms with Gasteiger partial charge < -0.3 is 15.8 Å². The Bertz CT molecular complexity index is 1170. The highest BCUT2D eigenvalue weighted by molar-refractivity contribution is 7.14. The van der Waals surface area contributed by atoms with Crippen LogP contribution < -0.4 is 15.8 Å². The number of hydrogen-bond donors (Lipinski definition) is 2. The Hall–Kier alpha value is -3.55. The van der Waals surface area contributed by atoms with Gasteiger partial charge in [0.1, 0.15) is 22.3 Å². The SMILES string of the molecule is CCOc1nc(C(=O)NCC2CCN(Cc3cnc(-c4ccccn4)s3)CC2)cc(N)c1C#N. The number of nitriles is 1. The number of thiazole rings is 1. The number of piperidine rings is 1. The molecule has 0 aromatic carbocycles. The molecule has 1 fully saturated rings. The van der Waals surface area contributed by atoms with Crippen molar-refractivity contribution < 1.29 is 9.53 Å². The second-order valence-corrected chi connectivity index (χ2v) is 9.21. The Morgan fingerprint density at radius 1 is 1.35 bits per heavy atom. The zero-order valence-electron chi connectivity index (χ0n) is 19.0. The molecule has 1 amide bonds. The Balaban J connectivity index is 1.26. The molecule has 10 heteroatoms. The molecule has 1 aliphatic rings. The predicted molar refractivity (Wildman–Crippen MR) is 130 cm³/mol. The average Bonchev–Trinajstić information content (AvgIpc) is 3.32. The molecule has 9 nitrogen and oxygen atoms in total. The number of ether oxygens (including phenoxy) is 1. The number of hydrogen-bond acceptors (Lipinski definition) is 9. The van der Waals surface area contributed by atoms with Crippen molar-refractivity contribution in [2.45, 2.75) is 26.3 Å². The van der Waals surface area contributed by atoms with E-state index in [0.717, 1.165) is 43.2 Å². The summed E-state index contributed by atoms with van der Waals surface area (Å²) >= 11 is 1.68. The summed E-state index contributed by atoms with van der Waals surface area (Å²) in [5, 5.41) is 13.1. The number of amides is 1. The van der Waals surface area contributed by atoms with Crippen LogP contribution in [0.25, 0.3) is 10.7 Å². The summed E-state index contributed by atoms with van der Waals surface area (Å²) in [6.45, 7) is 5.49. The van der Waals surface area contributed by atoms with E-state index >= 15 is 0 Å². The van der Waals surface area contributed by atoms with Crippen LogP contribution in [0.2, 0.25) is 0 Å². The average molecular weight is 478 g/mol. The van der Waals surface area contributed by atoms with Gasteiger partial charge in [0, 0.05) is 30.4 Å². The Kier molecular flexibility index (Phi) is 7.67. The summed E-state index contributed by atoms with van der Waals surface area (Å²) in [4.78, 5) is 29.4. The van der Waals surface area contributed by atoms with E-state index in [1.807, 2.05) is 30.5 Å². The first-order valence-electron chi connectivity index (χ1n) is 11.3. The molecule has 1 aliphatic heterocycles. The van der Waals surface area contributed by atoms with Gasteiger partial charge >= 0.3 is 0 Å². The van der Waals surface area contributed by atoms with E-state index in [1.165, 1.54) is 10.9 Å². The number of anilines is 1. The lowest BCUT2D eigenvalue weighted by atomic mass is 9.96.